The third-order valence-corrected chi connectivity index (χ3v) is 3.26. The van der Waals surface area contributed by atoms with Gasteiger partial charge in [-0.15, -0.1) is 0 Å². The number of aldehydes is 1. The maximum Gasteiger partial charge on any atom is 0.123 e. The molecule has 2 saturated carbocycles. The Morgan fingerprint density at radius 2 is 2.08 bits per heavy atom. The Labute approximate surface area is 80.7 Å². The summed E-state index contributed by atoms with van der Waals surface area (Å²) in [6, 6.07) is 0. The molecular formula is C11H20O2. The largest absolute Gasteiger partial charge is 0.385 e. The maximum atomic E-state index is 10.4. The Hall–Kier alpha value is -0.370. The second kappa shape index (κ2) is 5.38. The van der Waals surface area contributed by atoms with Gasteiger partial charge in [0.25, 0.3) is 0 Å². The van der Waals surface area contributed by atoms with E-state index in [0.29, 0.717) is 5.92 Å². The van der Waals surface area contributed by atoms with Crippen LogP contribution in [0.25, 0.3) is 0 Å². The van der Waals surface area contributed by atoms with Crippen molar-refractivity contribution in [3.05, 3.63) is 0 Å². The lowest BCUT2D eigenvalue weighted by atomic mass is 9.90. The SMILES string of the molecule is CCOC.O=CC1CC2CCC1C2. The molecule has 0 amide bonds. The van der Waals surface area contributed by atoms with Gasteiger partial charge in [-0.1, -0.05) is 6.42 Å². The average Bonchev–Trinajstić information content (AvgIpc) is 2.79. The van der Waals surface area contributed by atoms with Gasteiger partial charge in [0.2, 0.25) is 0 Å². The van der Waals surface area contributed by atoms with E-state index in [1.807, 2.05) is 6.92 Å². The summed E-state index contributed by atoms with van der Waals surface area (Å²) in [5.41, 5.74) is 0. The molecule has 13 heavy (non-hydrogen) atoms. The van der Waals surface area contributed by atoms with Crippen LogP contribution in [0.2, 0.25) is 0 Å². The van der Waals surface area contributed by atoms with Crippen molar-refractivity contribution in [2.45, 2.75) is 32.6 Å². The zero-order valence-electron chi connectivity index (χ0n) is 8.66. The van der Waals surface area contributed by atoms with Crippen LogP contribution in [-0.2, 0) is 9.53 Å². The molecule has 2 fully saturated rings. The lowest BCUT2D eigenvalue weighted by Gasteiger charge is -2.14. The van der Waals surface area contributed by atoms with E-state index in [1.165, 1.54) is 32.0 Å². The number of carbonyl (C=O) groups is 1. The predicted octanol–water partition coefficient (Wildman–Crippen LogP) is 2.27. The van der Waals surface area contributed by atoms with E-state index >= 15 is 0 Å². The van der Waals surface area contributed by atoms with Crippen LogP contribution in [0, 0.1) is 17.8 Å². The minimum absolute atomic E-state index is 0.448. The van der Waals surface area contributed by atoms with Crippen LogP contribution in [-0.4, -0.2) is 20.0 Å². The van der Waals surface area contributed by atoms with Crippen LogP contribution >= 0.6 is 0 Å². The highest BCUT2D eigenvalue weighted by molar-refractivity contribution is 5.55. The second-order valence-corrected chi connectivity index (χ2v) is 4.05. The highest BCUT2D eigenvalue weighted by Gasteiger charge is 2.38. The first-order chi connectivity index (χ1) is 6.31. The molecule has 0 N–H and O–H groups in total. The lowest BCUT2D eigenvalue weighted by molar-refractivity contribution is -0.112. The number of carbonyl (C=O) groups excluding carboxylic acids is 1. The first kappa shape index (κ1) is 10.7. The Balaban J connectivity index is 0.000000184. The summed E-state index contributed by atoms with van der Waals surface area (Å²) in [4.78, 5) is 10.4. The van der Waals surface area contributed by atoms with Crippen LogP contribution in [0.5, 0.6) is 0 Å². The molecular weight excluding hydrogens is 164 g/mol. The molecule has 0 radical (unpaired) electrons. The van der Waals surface area contributed by atoms with Crippen LogP contribution in [0.15, 0.2) is 0 Å². The average molecular weight is 184 g/mol. The van der Waals surface area contributed by atoms with E-state index in [1.54, 1.807) is 7.11 Å². The summed E-state index contributed by atoms with van der Waals surface area (Å²) in [5, 5.41) is 0. The molecule has 2 aliphatic carbocycles. The van der Waals surface area contributed by atoms with Gasteiger partial charge in [0.15, 0.2) is 0 Å². The van der Waals surface area contributed by atoms with Gasteiger partial charge in [0, 0.05) is 19.6 Å². The summed E-state index contributed by atoms with van der Waals surface area (Å²) in [5.74, 6) is 2.15. The van der Waals surface area contributed by atoms with E-state index in [9.17, 15) is 4.79 Å². The van der Waals surface area contributed by atoms with Crippen LogP contribution in [0.4, 0.5) is 0 Å². The molecule has 2 aliphatic rings. The van der Waals surface area contributed by atoms with E-state index in [2.05, 4.69) is 4.74 Å². The maximum absolute atomic E-state index is 10.4. The van der Waals surface area contributed by atoms with Gasteiger partial charge >= 0.3 is 0 Å². The highest BCUT2D eigenvalue weighted by atomic mass is 16.5. The fourth-order valence-electron chi connectivity index (χ4n) is 2.46. The number of hydrogen-bond acceptors (Lipinski definition) is 2. The van der Waals surface area contributed by atoms with Crippen molar-refractivity contribution in [3.8, 4) is 0 Å². The van der Waals surface area contributed by atoms with Crippen LogP contribution in [0.1, 0.15) is 32.6 Å². The molecule has 3 atom stereocenters. The fraction of sp³-hybridized carbons (Fsp3) is 0.909. The van der Waals surface area contributed by atoms with Gasteiger partial charge in [0.1, 0.15) is 6.29 Å². The summed E-state index contributed by atoms with van der Waals surface area (Å²) in [6.07, 6.45) is 6.45. The zero-order chi connectivity index (χ0) is 9.68. The summed E-state index contributed by atoms with van der Waals surface area (Å²) >= 11 is 0. The molecule has 2 rings (SSSR count). The van der Waals surface area contributed by atoms with E-state index < -0.39 is 0 Å². The number of ether oxygens (including phenoxy) is 1. The minimum Gasteiger partial charge on any atom is -0.385 e. The first-order valence-electron chi connectivity index (χ1n) is 5.26. The van der Waals surface area contributed by atoms with E-state index in [4.69, 9.17) is 0 Å². The number of hydrogen-bond donors (Lipinski definition) is 0. The van der Waals surface area contributed by atoms with Gasteiger partial charge in [0.05, 0.1) is 0 Å². The monoisotopic (exact) mass is 184 g/mol. The Morgan fingerprint density at radius 3 is 2.31 bits per heavy atom. The minimum atomic E-state index is 0.448. The lowest BCUT2D eigenvalue weighted by Crippen LogP contribution is -2.10. The molecule has 2 bridgehead atoms. The second-order valence-electron chi connectivity index (χ2n) is 4.05. The number of fused-ring (bicyclic) bond motifs is 2. The third kappa shape index (κ3) is 2.80. The van der Waals surface area contributed by atoms with Gasteiger partial charge in [-0.05, 0) is 38.0 Å². The molecule has 3 unspecified atom stereocenters. The van der Waals surface area contributed by atoms with Crippen molar-refractivity contribution in [1.82, 2.24) is 0 Å². The van der Waals surface area contributed by atoms with Gasteiger partial charge < -0.3 is 9.53 Å². The first-order valence-corrected chi connectivity index (χ1v) is 5.26. The normalized spacial score (nSPS) is 35.4. The zero-order valence-corrected chi connectivity index (χ0v) is 8.66. The molecule has 2 nitrogen and oxygen atoms in total. The molecule has 0 aliphatic heterocycles. The van der Waals surface area contributed by atoms with Gasteiger partial charge in [-0.25, -0.2) is 0 Å². The molecule has 0 heterocycles. The summed E-state index contributed by atoms with van der Waals surface area (Å²) in [7, 11) is 1.68. The van der Waals surface area contributed by atoms with Gasteiger partial charge in [-0.3, -0.25) is 0 Å². The molecule has 0 saturated heterocycles. The number of methoxy groups -OCH3 is 1. The third-order valence-electron chi connectivity index (χ3n) is 3.26. The Morgan fingerprint density at radius 1 is 1.38 bits per heavy atom. The van der Waals surface area contributed by atoms with Crippen molar-refractivity contribution in [1.29, 1.82) is 0 Å². The van der Waals surface area contributed by atoms with Crippen molar-refractivity contribution < 1.29 is 9.53 Å². The van der Waals surface area contributed by atoms with Gasteiger partial charge in [-0.2, -0.15) is 0 Å². The predicted molar refractivity (Wildman–Crippen MR) is 52.6 cm³/mol. The topological polar surface area (TPSA) is 26.3 Å². The Bertz CT molecular complexity index is 154. The number of rotatable bonds is 2. The molecule has 2 heteroatoms. The van der Waals surface area contributed by atoms with Crippen LogP contribution < -0.4 is 0 Å². The quantitative estimate of drug-likeness (QED) is 0.615. The molecule has 0 spiro atoms. The van der Waals surface area contributed by atoms with Crippen molar-refractivity contribution >= 4 is 6.29 Å². The fourth-order valence-corrected chi connectivity index (χ4v) is 2.46. The molecule has 76 valence electrons. The van der Waals surface area contributed by atoms with Crippen LogP contribution in [0.3, 0.4) is 0 Å². The van der Waals surface area contributed by atoms with E-state index in [0.717, 1.165) is 18.4 Å². The Kier molecular flexibility index (Phi) is 4.43. The standard InChI is InChI=1S/C8H12O.C3H8O/c9-5-8-4-6-1-2-7(8)3-6;1-3-4-2/h5-8H,1-4H2;3H2,1-2H3. The van der Waals surface area contributed by atoms with E-state index in [-0.39, 0.29) is 0 Å². The van der Waals surface area contributed by atoms with Crippen molar-refractivity contribution in [2.24, 2.45) is 17.8 Å². The van der Waals surface area contributed by atoms with Crippen molar-refractivity contribution in [2.75, 3.05) is 13.7 Å². The smallest absolute Gasteiger partial charge is 0.123 e. The summed E-state index contributed by atoms with van der Waals surface area (Å²) in [6.45, 7) is 2.78. The summed E-state index contributed by atoms with van der Waals surface area (Å²) < 4.78 is 4.54. The highest BCUT2D eigenvalue weighted by Crippen LogP contribution is 2.47. The molecule has 0 aromatic rings. The molecule has 0 aromatic carbocycles. The molecule has 0 aromatic heterocycles. The van der Waals surface area contributed by atoms with Crippen molar-refractivity contribution in [3.63, 3.8) is 0 Å².